The first-order valence-electron chi connectivity index (χ1n) is 5.29. The van der Waals surface area contributed by atoms with E-state index in [1.54, 1.807) is 13.3 Å². The Bertz CT molecular complexity index is 387. The van der Waals surface area contributed by atoms with Gasteiger partial charge >= 0.3 is 0 Å². The zero-order chi connectivity index (χ0) is 12.7. The van der Waals surface area contributed by atoms with Crippen LogP contribution in [0.1, 0.15) is 12.0 Å². The number of anilines is 1. The molecule has 0 aliphatic carbocycles. The van der Waals surface area contributed by atoms with Crippen molar-refractivity contribution < 1.29 is 4.74 Å². The van der Waals surface area contributed by atoms with Gasteiger partial charge in [-0.05, 0) is 37.2 Å². The van der Waals surface area contributed by atoms with Crippen molar-refractivity contribution in [2.45, 2.75) is 13.3 Å². The molecule has 0 amide bonds. The average Bonchev–Trinajstić information content (AvgIpc) is 2.30. The fourth-order valence-electron chi connectivity index (χ4n) is 1.19. The molecule has 1 aromatic heterocycles. The molecule has 0 radical (unpaired) electrons. The van der Waals surface area contributed by atoms with E-state index in [1.807, 2.05) is 13.0 Å². The minimum atomic E-state index is 0.551. The largest absolute Gasteiger partial charge is 0.385 e. The van der Waals surface area contributed by atoms with Crippen LogP contribution in [-0.4, -0.2) is 30.4 Å². The third-order valence-corrected chi connectivity index (χ3v) is 2.74. The highest BCUT2D eigenvalue weighted by Gasteiger charge is 2.01. The molecule has 0 aliphatic heterocycles. The van der Waals surface area contributed by atoms with Crippen LogP contribution < -0.4 is 10.6 Å². The van der Waals surface area contributed by atoms with Gasteiger partial charge in [0.15, 0.2) is 5.11 Å². The number of nitrogens with one attached hydrogen (secondary N) is 2. The number of ether oxygens (including phenoxy) is 1. The lowest BCUT2D eigenvalue weighted by Crippen LogP contribution is -2.30. The van der Waals surface area contributed by atoms with Gasteiger partial charge in [-0.15, -0.1) is 0 Å². The van der Waals surface area contributed by atoms with Crippen LogP contribution in [0.3, 0.4) is 0 Å². The zero-order valence-corrected chi connectivity index (χ0v) is 11.5. The third kappa shape index (κ3) is 5.30. The number of rotatable bonds is 5. The lowest BCUT2D eigenvalue weighted by Gasteiger charge is -2.10. The molecule has 1 aromatic rings. The molecule has 17 heavy (non-hydrogen) atoms. The Morgan fingerprint density at radius 3 is 3.00 bits per heavy atom. The van der Waals surface area contributed by atoms with Gasteiger partial charge in [-0.1, -0.05) is 11.6 Å². The quantitative estimate of drug-likeness (QED) is 0.637. The van der Waals surface area contributed by atoms with Gasteiger partial charge in [-0.2, -0.15) is 0 Å². The molecule has 2 N–H and O–H groups in total. The van der Waals surface area contributed by atoms with Crippen LogP contribution >= 0.6 is 23.8 Å². The number of hydrogen-bond acceptors (Lipinski definition) is 3. The van der Waals surface area contributed by atoms with E-state index in [4.69, 9.17) is 28.6 Å². The molecule has 0 saturated heterocycles. The Morgan fingerprint density at radius 2 is 2.35 bits per heavy atom. The lowest BCUT2D eigenvalue weighted by atomic mass is 10.3. The molecule has 1 heterocycles. The van der Waals surface area contributed by atoms with Gasteiger partial charge in [0, 0.05) is 26.5 Å². The summed E-state index contributed by atoms with van der Waals surface area (Å²) >= 11 is 11.0. The van der Waals surface area contributed by atoms with Gasteiger partial charge < -0.3 is 15.4 Å². The van der Waals surface area contributed by atoms with Crippen molar-refractivity contribution in [1.29, 1.82) is 0 Å². The second-order valence-corrected chi connectivity index (χ2v) is 4.36. The molecule has 6 heteroatoms. The van der Waals surface area contributed by atoms with Crippen molar-refractivity contribution in [2.75, 3.05) is 25.6 Å². The number of pyridine rings is 1. The summed E-state index contributed by atoms with van der Waals surface area (Å²) in [6, 6.07) is 1.85. The van der Waals surface area contributed by atoms with E-state index >= 15 is 0 Å². The Hall–Kier alpha value is -0.910. The predicted molar refractivity (Wildman–Crippen MR) is 74.7 cm³/mol. The first kappa shape index (κ1) is 14.2. The van der Waals surface area contributed by atoms with E-state index in [2.05, 4.69) is 15.6 Å². The van der Waals surface area contributed by atoms with Crippen LogP contribution in [0, 0.1) is 6.92 Å². The van der Waals surface area contributed by atoms with Crippen molar-refractivity contribution in [1.82, 2.24) is 10.3 Å². The molecule has 0 atom stereocenters. The summed E-state index contributed by atoms with van der Waals surface area (Å²) in [5.74, 6) is 0.691. The van der Waals surface area contributed by atoms with Gasteiger partial charge in [0.25, 0.3) is 0 Å². The van der Waals surface area contributed by atoms with E-state index in [-0.39, 0.29) is 0 Å². The molecule has 1 rings (SSSR count). The molecular weight excluding hydrogens is 258 g/mol. The predicted octanol–water partition coefficient (Wildman–Crippen LogP) is 2.37. The summed E-state index contributed by atoms with van der Waals surface area (Å²) < 4.78 is 4.94. The fraction of sp³-hybridized carbons (Fsp3) is 0.455. The number of thiocarbonyl (C=S) groups is 1. The zero-order valence-electron chi connectivity index (χ0n) is 9.92. The Morgan fingerprint density at radius 1 is 1.59 bits per heavy atom. The van der Waals surface area contributed by atoms with Crippen LogP contribution in [0.5, 0.6) is 0 Å². The minimum absolute atomic E-state index is 0.551. The first-order valence-corrected chi connectivity index (χ1v) is 6.08. The van der Waals surface area contributed by atoms with Crippen LogP contribution in [0.4, 0.5) is 5.82 Å². The SMILES string of the molecule is COCCCNC(=S)Nc1cc(C)c(Cl)cn1. The highest BCUT2D eigenvalue weighted by Crippen LogP contribution is 2.16. The van der Waals surface area contributed by atoms with Crippen molar-refractivity contribution >= 4 is 34.7 Å². The topological polar surface area (TPSA) is 46.2 Å². The molecule has 0 saturated carbocycles. The number of aromatic nitrogens is 1. The highest BCUT2D eigenvalue weighted by molar-refractivity contribution is 7.80. The molecule has 4 nitrogen and oxygen atoms in total. The fourth-order valence-corrected chi connectivity index (χ4v) is 1.50. The maximum Gasteiger partial charge on any atom is 0.171 e. The molecule has 0 bridgehead atoms. The van der Waals surface area contributed by atoms with Crippen molar-refractivity contribution in [2.24, 2.45) is 0 Å². The second-order valence-electron chi connectivity index (χ2n) is 3.55. The molecule has 0 fully saturated rings. The van der Waals surface area contributed by atoms with E-state index < -0.39 is 0 Å². The molecule has 0 aromatic carbocycles. The van der Waals surface area contributed by atoms with Crippen LogP contribution in [0.25, 0.3) is 0 Å². The monoisotopic (exact) mass is 273 g/mol. The first-order chi connectivity index (χ1) is 8.13. The number of aryl methyl sites for hydroxylation is 1. The van der Waals surface area contributed by atoms with Crippen molar-refractivity contribution in [3.63, 3.8) is 0 Å². The summed E-state index contributed by atoms with van der Waals surface area (Å²) in [6.45, 7) is 3.41. The summed E-state index contributed by atoms with van der Waals surface area (Å²) in [5.41, 5.74) is 0.964. The van der Waals surface area contributed by atoms with Gasteiger partial charge in [0.2, 0.25) is 0 Å². The maximum absolute atomic E-state index is 5.88. The van der Waals surface area contributed by atoms with Gasteiger partial charge in [0.1, 0.15) is 5.82 Å². The van der Waals surface area contributed by atoms with Gasteiger partial charge in [-0.3, -0.25) is 0 Å². The Balaban J connectivity index is 2.37. The van der Waals surface area contributed by atoms with Gasteiger partial charge in [-0.25, -0.2) is 4.98 Å². The third-order valence-electron chi connectivity index (χ3n) is 2.10. The van der Waals surface area contributed by atoms with Crippen LogP contribution in [0.15, 0.2) is 12.3 Å². The minimum Gasteiger partial charge on any atom is -0.385 e. The molecule has 94 valence electrons. The van der Waals surface area contributed by atoms with Crippen molar-refractivity contribution in [3.05, 3.63) is 22.8 Å². The molecule has 0 spiro atoms. The summed E-state index contributed by atoms with van der Waals surface area (Å²) in [5, 5.41) is 7.26. The van der Waals surface area contributed by atoms with Crippen LogP contribution in [-0.2, 0) is 4.74 Å². The lowest BCUT2D eigenvalue weighted by molar-refractivity contribution is 0.196. The van der Waals surface area contributed by atoms with E-state index in [0.717, 1.165) is 18.5 Å². The number of nitrogens with zero attached hydrogens (tertiary/aromatic N) is 1. The summed E-state index contributed by atoms with van der Waals surface area (Å²) in [7, 11) is 1.68. The maximum atomic E-state index is 5.88. The number of halogens is 1. The number of methoxy groups -OCH3 is 1. The Kier molecular flexibility index (Phi) is 6.18. The number of hydrogen-bond donors (Lipinski definition) is 2. The Labute approximate surface area is 112 Å². The van der Waals surface area contributed by atoms with Crippen LogP contribution in [0.2, 0.25) is 5.02 Å². The highest BCUT2D eigenvalue weighted by atomic mass is 35.5. The standard InChI is InChI=1S/C11H16ClN3OS/c1-8-6-10(14-7-9(8)12)15-11(17)13-4-3-5-16-2/h6-7H,3-5H2,1-2H3,(H2,13,14,15,17). The summed E-state index contributed by atoms with van der Waals surface area (Å²) in [6.07, 6.45) is 2.51. The molecule has 0 unspecified atom stereocenters. The average molecular weight is 274 g/mol. The van der Waals surface area contributed by atoms with Gasteiger partial charge in [0.05, 0.1) is 5.02 Å². The van der Waals surface area contributed by atoms with E-state index in [0.29, 0.717) is 22.6 Å². The molecule has 0 aliphatic rings. The molecular formula is C11H16ClN3OS. The van der Waals surface area contributed by atoms with E-state index in [9.17, 15) is 0 Å². The van der Waals surface area contributed by atoms with E-state index in [1.165, 1.54) is 0 Å². The summed E-state index contributed by atoms with van der Waals surface area (Å²) in [4.78, 5) is 4.13. The van der Waals surface area contributed by atoms with Crippen molar-refractivity contribution in [3.8, 4) is 0 Å². The normalized spacial score (nSPS) is 10.1. The smallest absolute Gasteiger partial charge is 0.171 e. The second kappa shape index (κ2) is 7.42.